The number of halogens is 1. The minimum atomic E-state index is -1.28. The number of carbonyl (C=O) groups is 3. The maximum Gasteiger partial charge on any atom is 0.323 e. The lowest BCUT2D eigenvalue weighted by Gasteiger charge is -2.23. The lowest BCUT2D eigenvalue weighted by atomic mass is 10.1. The van der Waals surface area contributed by atoms with Crippen LogP contribution in [0, 0.1) is 0 Å². The summed E-state index contributed by atoms with van der Waals surface area (Å²) in [5.41, 5.74) is 5.82. The van der Waals surface area contributed by atoms with Crippen molar-refractivity contribution < 1.29 is 24.6 Å². The third-order valence-corrected chi connectivity index (χ3v) is 2.34. The number of carboxylic acid groups (broad SMARTS) is 2. The second kappa shape index (κ2) is 8.13. The van der Waals surface area contributed by atoms with E-state index in [1.54, 1.807) is 30.3 Å². The van der Waals surface area contributed by atoms with Gasteiger partial charge in [0.25, 0.3) is 0 Å². The minimum absolute atomic E-state index is 0. The molecule has 0 fully saturated rings. The van der Waals surface area contributed by atoms with Crippen LogP contribution >= 0.6 is 12.4 Å². The van der Waals surface area contributed by atoms with Gasteiger partial charge in [0.1, 0.15) is 6.54 Å². The quantitative estimate of drug-likeness (QED) is 0.696. The fourth-order valence-electron chi connectivity index (χ4n) is 1.52. The van der Waals surface area contributed by atoms with Crippen LogP contribution in [0.15, 0.2) is 30.3 Å². The normalized spacial score (nSPS) is 11.1. The fourth-order valence-corrected chi connectivity index (χ4v) is 1.52. The Morgan fingerprint density at radius 3 is 2.10 bits per heavy atom. The van der Waals surface area contributed by atoms with Crippen LogP contribution < -0.4 is 10.6 Å². The summed E-state index contributed by atoms with van der Waals surface area (Å²) >= 11 is 0. The van der Waals surface area contributed by atoms with Gasteiger partial charge in [-0.3, -0.25) is 19.3 Å². The Bertz CT molecular complexity index is 480. The molecule has 1 rings (SSSR count). The van der Waals surface area contributed by atoms with Crippen molar-refractivity contribution in [1.82, 2.24) is 0 Å². The highest BCUT2D eigenvalue weighted by Gasteiger charge is 2.25. The molecule has 0 aliphatic carbocycles. The van der Waals surface area contributed by atoms with Gasteiger partial charge in [-0.2, -0.15) is 0 Å². The number of para-hydroxylation sites is 1. The molecule has 7 nitrogen and oxygen atoms in total. The van der Waals surface area contributed by atoms with Crippen LogP contribution in [0.1, 0.15) is 6.42 Å². The number of benzene rings is 1. The molecule has 0 aliphatic rings. The third-order valence-electron chi connectivity index (χ3n) is 2.34. The predicted octanol–water partition coefficient (Wildman–Crippen LogP) is 0.328. The summed E-state index contributed by atoms with van der Waals surface area (Å²) in [6.07, 6.45) is -0.554. The molecule has 20 heavy (non-hydrogen) atoms. The van der Waals surface area contributed by atoms with E-state index in [1.165, 1.54) is 0 Å². The molecule has 0 unspecified atom stereocenters. The number of hydrogen-bond acceptors (Lipinski definition) is 4. The van der Waals surface area contributed by atoms with E-state index in [0.717, 1.165) is 4.90 Å². The minimum Gasteiger partial charge on any atom is -0.481 e. The average Bonchev–Trinajstić information content (AvgIpc) is 2.35. The van der Waals surface area contributed by atoms with E-state index in [4.69, 9.17) is 15.9 Å². The van der Waals surface area contributed by atoms with E-state index in [9.17, 15) is 14.4 Å². The molecular formula is C12H15ClN2O5. The fraction of sp³-hybridized carbons (Fsp3) is 0.250. The van der Waals surface area contributed by atoms with Gasteiger partial charge < -0.3 is 15.9 Å². The van der Waals surface area contributed by atoms with Crippen molar-refractivity contribution in [2.45, 2.75) is 12.5 Å². The van der Waals surface area contributed by atoms with Crippen molar-refractivity contribution >= 4 is 35.9 Å². The summed E-state index contributed by atoms with van der Waals surface area (Å²) in [6, 6.07) is 6.81. The zero-order chi connectivity index (χ0) is 14.4. The van der Waals surface area contributed by atoms with Gasteiger partial charge in [0.15, 0.2) is 0 Å². The molecule has 1 atom stereocenters. The monoisotopic (exact) mass is 302 g/mol. The van der Waals surface area contributed by atoms with E-state index in [2.05, 4.69) is 0 Å². The van der Waals surface area contributed by atoms with Crippen molar-refractivity contribution in [3.05, 3.63) is 30.3 Å². The third kappa shape index (κ3) is 5.25. The predicted molar refractivity (Wildman–Crippen MR) is 73.9 cm³/mol. The molecule has 0 heterocycles. The number of nitrogens with zero attached hydrogens (tertiary/aromatic N) is 1. The highest BCUT2D eigenvalue weighted by molar-refractivity contribution is 6.01. The highest BCUT2D eigenvalue weighted by atomic mass is 35.5. The number of amides is 1. The van der Waals surface area contributed by atoms with E-state index in [0.29, 0.717) is 5.69 Å². The van der Waals surface area contributed by atoms with Crippen LogP contribution in [0.3, 0.4) is 0 Å². The van der Waals surface area contributed by atoms with Crippen molar-refractivity contribution in [2.24, 2.45) is 5.73 Å². The maximum atomic E-state index is 12.0. The summed E-state index contributed by atoms with van der Waals surface area (Å²) < 4.78 is 0. The molecule has 1 amide bonds. The Labute approximate surface area is 121 Å². The van der Waals surface area contributed by atoms with E-state index in [-0.39, 0.29) is 12.4 Å². The molecule has 0 radical (unpaired) electrons. The zero-order valence-electron chi connectivity index (χ0n) is 10.4. The Kier molecular flexibility index (Phi) is 7.27. The van der Waals surface area contributed by atoms with Crippen molar-refractivity contribution in [3.63, 3.8) is 0 Å². The molecule has 0 spiro atoms. The molecule has 0 bridgehead atoms. The van der Waals surface area contributed by atoms with Gasteiger partial charge in [0.2, 0.25) is 5.91 Å². The standard InChI is InChI=1S/C12H14N2O5.ClH/c13-9(6-10(15)16)12(19)14(7-11(17)18)8-4-2-1-3-5-8;/h1-5,9H,6-7,13H2,(H,15,16)(H,17,18);1H/t9-;/m0./s1. The number of carboxylic acids is 2. The van der Waals surface area contributed by atoms with Gasteiger partial charge in [-0.1, -0.05) is 18.2 Å². The number of nitrogens with two attached hydrogens (primary N) is 1. The molecule has 0 aliphatic heterocycles. The van der Waals surface area contributed by atoms with Crippen LogP contribution in [-0.2, 0) is 14.4 Å². The highest BCUT2D eigenvalue weighted by Crippen LogP contribution is 2.14. The summed E-state index contributed by atoms with van der Waals surface area (Å²) in [7, 11) is 0. The molecule has 8 heteroatoms. The van der Waals surface area contributed by atoms with Crippen LogP contribution in [0.25, 0.3) is 0 Å². The van der Waals surface area contributed by atoms with Gasteiger partial charge >= 0.3 is 11.9 Å². The van der Waals surface area contributed by atoms with E-state index >= 15 is 0 Å². The van der Waals surface area contributed by atoms with Crippen LogP contribution in [0.4, 0.5) is 5.69 Å². The van der Waals surface area contributed by atoms with Crippen molar-refractivity contribution in [1.29, 1.82) is 0 Å². The zero-order valence-corrected chi connectivity index (χ0v) is 11.2. The number of hydrogen-bond donors (Lipinski definition) is 3. The number of rotatable bonds is 6. The second-order valence-electron chi connectivity index (χ2n) is 3.86. The largest absolute Gasteiger partial charge is 0.481 e. The first-order valence-corrected chi connectivity index (χ1v) is 5.47. The average molecular weight is 303 g/mol. The first kappa shape index (κ1) is 17.9. The smallest absolute Gasteiger partial charge is 0.323 e. The number of carbonyl (C=O) groups excluding carboxylic acids is 1. The van der Waals surface area contributed by atoms with Gasteiger partial charge in [0, 0.05) is 5.69 Å². The Hall–Kier alpha value is -2.12. The van der Waals surface area contributed by atoms with Crippen molar-refractivity contribution in [3.8, 4) is 0 Å². The van der Waals surface area contributed by atoms with Gasteiger partial charge in [-0.15, -0.1) is 12.4 Å². The maximum absolute atomic E-state index is 12.0. The number of anilines is 1. The Morgan fingerprint density at radius 2 is 1.65 bits per heavy atom. The second-order valence-corrected chi connectivity index (χ2v) is 3.86. The topological polar surface area (TPSA) is 121 Å². The van der Waals surface area contributed by atoms with Crippen molar-refractivity contribution in [2.75, 3.05) is 11.4 Å². The molecule has 4 N–H and O–H groups in total. The molecule has 1 aromatic rings. The van der Waals surface area contributed by atoms with Crippen LogP contribution in [-0.4, -0.2) is 40.6 Å². The van der Waals surface area contributed by atoms with Crippen LogP contribution in [0.2, 0.25) is 0 Å². The van der Waals surface area contributed by atoms with E-state index in [1.807, 2.05) is 0 Å². The molecule has 1 aromatic carbocycles. The molecular weight excluding hydrogens is 288 g/mol. The SMILES string of the molecule is Cl.N[C@@H](CC(=O)O)C(=O)N(CC(=O)O)c1ccccc1. The molecule has 0 aromatic heterocycles. The molecule has 0 saturated heterocycles. The lowest BCUT2D eigenvalue weighted by Crippen LogP contribution is -2.47. The summed E-state index contributed by atoms with van der Waals surface area (Å²) in [6.45, 7) is -0.573. The van der Waals surface area contributed by atoms with Gasteiger partial charge in [0.05, 0.1) is 12.5 Å². The Balaban J connectivity index is 0.00000361. The first-order valence-electron chi connectivity index (χ1n) is 5.47. The molecule has 0 saturated carbocycles. The summed E-state index contributed by atoms with van der Waals surface area (Å²) in [4.78, 5) is 34.3. The van der Waals surface area contributed by atoms with Crippen LogP contribution in [0.5, 0.6) is 0 Å². The molecule has 110 valence electrons. The number of aliphatic carboxylic acids is 2. The van der Waals surface area contributed by atoms with E-state index < -0.39 is 36.9 Å². The first-order chi connectivity index (χ1) is 8.91. The summed E-state index contributed by atoms with van der Waals surface area (Å²) in [5.74, 6) is -3.17. The Morgan fingerprint density at radius 1 is 1.10 bits per heavy atom. The lowest BCUT2D eigenvalue weighted by molar-refractivity contribution is -0.139. The van der Waals surface area contributed by atoms with Gasteiger partial charge in [-0.05, 0) is 12.1 Å². The van der Waals surface area contributed by atoms with Gasteiger partial charge in [-0.25, -0.2) is 0 Å². The summed E-state index contributed by atoms with van der Waals surface area (Å²) in [5, 5.41) is 17.4.